The lowest BCUT2D eigenvalue weighted by molar-refractivity contribution is -0.649. The van der Waals surface area contributed by atoms with E-state index in [-0.39, 0.29) is 6.54 Å². The molecule has 2 N–H and O–H groups in total. The molecule has 0 radical (unpaired) electrons. The van der Waals surface area contributed by atoms with Crippen LogP contribution in [0.3, 0.4) is 0 Å². The number of rotatable bonds is 8. The fourth-order valence-electron chi connectivity index (χ4n) is 3.42. The maximum atomic E-state index is 11.7. The molecule has 2 aromatic heterocycles. The Morgan fingerprint density at radius 1 is 1.30 bits per heavy atom. The van der Waals surface area contributed by atoms with Crippen LogP contribution in [0.4, 0.5) is 5.69 Å². The molecule has 0 saturated carbocycles. The number of thiophene rings is 1. The lowest BCUT2D eigenvalue weighted by Crippen LogP contribution is -2.39. The van der Waals surface area contributed by atoms with Gasteiger partial charge in [0.05, 0.1) is 23.9 Å². The van der Waals surface area contributed by atoms with Gasteiger partial charge in [-0.15, -0.1) is 11.3 Å². The van der Waals surface area contributed by atoms with Crippen molar-refractivity contribution in [2.24, 2.45) is 0 Å². The molecular formula is C21H21N2O6S4+. The van der Waals surface area contributed by atoms with E-state index >= 15 is 0 Å². The van der Waals surface area contributed by atoms with Gasteiger partial charge in [0.25, 0.3) is 10.9 Å². The van der Waals surface area contributed by atoms with Gasteiger partial charge in [-0.25, -0.2) is 0 Å². The van der Waals surface area contributed by atoms with Crippen LogP contribution < -0.4 is 14.2 Å². The maximum Gasteiger partial charge on any atom is 0.326 e. The number of thioether (sulfide) groups is 1. The molecule has 8 nitrogen and oxygen atoms in total. The van der Waals surface area contributed by atoms with Gasteiger partial charge in [-0.05, 0) is 30.2 Å². The van der Waals surface area contributed by atoms with Gasteiger partial charge in [0.2, 0.25) is 5.52 Å². The number of aliphatic carboxylic acids is 1. The van der Waals surface area contributed by atoms with Crippen LogP contribution in [-0.2, 0) is 20.8 Å². The van der Waals surface area contributed by atoms with Crippen molar-refractivity contribution < 1.29 is 32.2 Å². The SMILES string of the molecule is CCC(=Cc1sc2ccc(OC)cc2[n+]1CS(=O)(=O)O)C=C1Sc2cscc2N1CC(=O)O. The van der Waals surface area contributed by atoms with Crippen LogP contribution in [0.15, 0.2) is 50.5 Å². The number of carboxylic acids is 1. The molecule has 1 aromatic carbocycles. The summed E-state index contributed by atoms with van der Waals surface area (Å²) in [6, 6.07) is 5.38. The molecule has 4 rings (SSSR count). The van der Waals surface area contributed by atoms with E-state index in [0.29, 0.717) is 22.7 Å². The van der Waals surface area contributed by atoms with Crippen LogP contribution in [0.25, 0.3) is 16.3 Å². The average Bonchev–Trinajstić information content (AvgIpc) is 3.41. The first-order valence-corrected chi connectivity index (χ1v) is 14.0. The van der Waals surface area contributed by atoms with E-state index in [4.69, 9.17) is 4.74 Å². The molecule has 3 heterocycles. The number of allylic oxidation sites excluding steroid dienone is 2. The second-order valence-electron chi connectivity index (χ2n) is 7.17. The Morgan fingerprint density at radius 3 is 2.76 bits per heavy atom. The van der Waals surface area contributed by atoms with Crippen LogP contribution in [0.5, 0.6) is 5.75 Å². The van der Waals surface area contributed by atoms with Gasteiger partial charge in [-0.1, -0.05) is 30.0 Å². The number of anilines is 1. The van der Waals surface area contributed by atoms with E-state index in [9.17, 15) is 22.9 Å². The minimum atomic E-state index is -4.29. The van der Waals surface area contributed by atoms with Gasteiger partial charge in [0.15, 0.2) is 0 Å². The summed E-state index contributed by atoms with van der Waals surface area (Å²) in [5, 5.41) is 14.7. The van der Waals surface area contributed by atoms with Crippen LogP contribution in [0, 0.1) is 0 Å². The van der Waals surface area contributed by atoms with Gasteiger partial charge < -0.3 is 14.7 Å². The highest BCUT2D eigenvalue weighted by Crippen LogP contribution is 2.48. The van der Waals surface area contributed by atoms with Crippen LogP contribution in [0.2, 0.25) is 0 Å². The molecule has 0 saturated heterocycles. The Morgan fingerprint density at radius 2 is 2.09 bits per heavy atom. The molecular weight excluding hydrogens is 505 g/mol. The normalized spacial score (nSPS) is 15.4. The predicted octanol–water partition coefficient (Wildman–Crippen LogP) is 4.44. The van der Waals surface area contributed by atoms with Crippen LogP contribution in [0.1, 0.15) is 18.4 Å². The number of ether oxygens (including phenoxy) is 1. The molecule has 1 aliphatic heterocycles. The van der Waals surface area contributed by atoms with Crippen molar-refractivity contribution in [1.82, 2.24) is 0 Å². The minimum Gasteiger partial charge on any atom is -0.497 e. The van der Waals surface area contributed by atoms with Gasteiger partial charge in [-0.3, -0.25) is 9.35 Å². The Labute approximate surface area is 203 Å². The van der Waals surface area contributed by atoms with Gasteiger partial charge in [0, 0.05) is 21.7 Å². The number of nitrogens with zero attached hydrogens (tertiary/aromatic N) is 2. The van der Waals surface area contributed by atoms with Crippen molar-refractivity contribution in [3.8, 4) is 5.75 Å². The van der Waals surface area contributed by atoms with Crippen molar-refractivity contribution >= 4 is 72.5 Å². The largest absolute Gasteiger partial charge is 0.497 e. The average molecular weight is 526 g/mol. The second kappa shape index (κ2) is 9.47. The lowest BCUT2D eigenvalue weighted by atomic mass is 10.2. The zero-order valence-electron chi connectivity index (χ0n) is 17.7. The number of hydrogen-bond donors (Lipinski definition) is 2. The minimum absolute atomic E-state index is 0.148. The van der Waals surface area contributed by atoms with E-state index in [1.165, 1.54) is 41.5 Å². The molecule has 0 bridgehead atoms. The summed E-state index contributed by atoms with van der Waals surface area (Å²) in [5.41, 5.74) is 2.41. The molecule has 0 fully saturated rings. The molecule has 33 heavy (non-hydrogen) atoms. The second-order valence-corrected chi connectivity index (χ2v) is 11.5. The maximum absolute atomic E-state index is 11.7. The monoisotopic (exact) mass is 525 g/mol. The third-order valence-electron chi connectivity index (χ3n) is 4.93. The number of benzene rings is 1. The molecule has 0 spiro atoms. The van der Waals surface area contributed by atoms with Crippen molar-refractivity contribution in [3.05, 3.63) is 50.6 Å². The number of thiazole rings is 1. The number of aromatic nitrogens is 1. The van der Waals surface area contributed by atoms with E-state index < -0.39 is 22.0 Å². The molecule has 12 heteroatoms. The summed E-state index contributed by atoms with van der Waals surface area (Å²) in [4.78, 5) is 14.2. The van der Waals surface area contributed by atoms with Gasteiger partial charge in [0.1, 0.15) is 17.0 Å². The number of carboxylic acid groups (broad SMARTS) is 1. The molecule has 174 valence electrons. The number of methoxy groups -OCH3 is 1. The molecule has 0 aliphatic carbocycles. The third kappa shape index (κ3) is 5.25. The Kier molecular flexibility index (Phi) is 6.82. The molecule has 3 aromatic rings. The number of carbonyl (C=O) groups is 1. The third-order valence-corrected chi connectivity index (χ3v) is 8.60. The Bertz CT molecular complexity index is 1390. The quantitative estimate of drug-likeness (QED) is 0.328. The molecule has 1 aliphatic rings. The highest BCUT2D eigenvalue weighted by atomic mass is 32.2. The molecule has 0 atom stereocenters. The van der Waals surface area contributed by atoms with Crippen LogP contribution >= 0.6 is 34.4 Å². The lowest BCUT2D eigenvalue weighted by Gasteiger charge is -2.17. The first-order valence-electron chi connectivity index (χ1n) is 9.79. The summed E-state index contributed by atoms with van der Waals surface area (Å²) in [6.07, 6.45) is 4.45. The molecule has 0 unspecified atom stereocenters. The zero-order valence-corrected chi connectivity index (χ0v) is 21.0. The first-order chi connectivity index (χ1) is 15.7. The fourth-order valence-corrected chi connectivity index (χ4v) is 7.33. The highest BCUT2D eigenvalue weighted by Gasteiger charge is 2.29. The van der Waals surface area contributed by atoms with Crippen molar-refractivity contribution in [1.29, 1.82) is 0 Å². The number of hydrogen-bond acceptors (Lipinski definition) is 8. The highest BCUT2D eigenvalue weighted by molar-refractivity contribution is 8.03. The standard InChI is InChI=1S/C21H20N2O6S4/c1-3-13(6-19-22(9-21(24)25)16-10-30-11-18(16)32-19)7-20-23(12-33(26,27)28)15-8-14(29-2)4-5-17(15)31-20/h4-8,10-11H,3,9,12H2,1-2H3,(H-,24,25,26,27,28)/p+1. The van der Waals surface area contributed by atoms with E-state index in [2.05, 4.69) is 0 Å². The summed E-state index contributed by atoms with van der Waals surface area (Å²) >= 11 is 4.43. The summed E-state index contributed by atoms with van der Waals surface area (Å²) in [6.45, 7) is 1.83. The van der Waals surface area contributed by atoms with Gasteiger partial charge in [-0.2, -0.15) is 13.0 Å². The molecule has 0 amide bonds. The predicted molar refractivity (Wildman–Crippen MR) is 132 cm³/mol. The van der Waals surface area contributed by atoms with Crippen molar-refractivity contribution in [2.45, 2.75) is 24.1 Å². The fraction of sp³-hybridized carbons (Fsp3) is 0.238. The van der Waals surface area contributed by atoms with E-state index in [1.54, 1.807) is 21.6 Å². The summed E-state index contributed by atoms with van der Waals surface area (Å²) in [5.74, 6) is -0.932. The summed E-state index contributed by atoms with van der Waals surface area (Å²) in [7, 11) is -2.76. The van der Waals surface area contributed by atoms with E-state index in [0.717, 1.165) is 25.9 Å². The van der Waals surface area contributed by atoms with Crippen LogP contribution in [-0.4, -0.2) is 37.7 Å². The smallest absolute Gasteiger partial charge is 0.326 e. The first kappa shape index (κ1) is 23.8. The Balaban J connectivity index is 1.79. The number of fused-ring (bicyclic) bond motifs is 2. The Hall–Kier alpha value is -2.38. The summed E-state index contributed by atoms with van der Waals surface area (Å²) < 4.78 is 40.7. The van der Waals surface area contributed by atoms with Gasteiger partial charge >= 0.3 is 16.1 Å². The van der Waals surface area contributed by atoms with Crippen molar-refractivity contribution in [3.63, 3.8) is 0 Å². The zero-order chi connectivity index (χ0) is 23.8. The van der Waals surface area contributed by atoms with E-state index in [1.807, 2.05) is 35.9 Å². The van der Waals surface area contributed by atoms with Crippen molar-refractivity contribution in [2.75, 3.05) is 18.6 Å². The topological polar surface area (TPSA) is 108 Å².